The number of likely N-dealkylation sites (tertiary alicyclic amines) is 1. The largest absolute Gasteiger partial charge is 0.300 e. The summed E-state index contributed by atoms with van der Waals surface area (Å²) >= 11 is 0. The van der Waals surface area contributed by atoms with E-state index < -0.39 is 15.8 Å². The molecule has 1 N–H and O–H groups in total. The van der Waals surface area contributed by atoms with Crippen LogP contribution in [-0.4, -0.2) is 39.0 Å². The summed E-state index contributed by atoms with van der Waals surface area (Å²) in [6, 6.07) is 5.72. The first-order valence-corrected chi connectivity index (χ1v) is 10.0. The predicted molar refractivity (Wildman–Crippen MR) is 88.1 cm³/mol. The normalized spacial score (nSPS) is 21.8. The molecule has 0 radical (unpaired) electrons. The molecule has 128 valence electrons. The number of sulfonamides is 1. The third-order valence-electron chi connectivity index (χ3n) is 5.18. The summed E-state index contributed by atoms with van der Waals surface area (Å²) in [5, 5.41) is 0. The zero-order chi connectivity index (χ0) is 16.3. The summed E-state index contributed by atoms with van der Waals surface area (Å²) in [6.45, 7) is 2.62. The lowest BCUT2D eigenvalue weighted by Gasteiger charge is -2.36. The van der Waals surface area contributed by atoms with E-state index in [1.807, 2.05) is 0 Å². The standard InChI is InChI=1S/C17H25FN2O2S/c18-15-5-7-17(8-6-15)23(21,22)19-13-14-9-11-20(12-10-14)16-3-1-2-4-16/h5-8,14,16,19H,1-4,9-13H2. The second-order valence-corrected chi connectivity index (χ2v) is 8.49. The Morgan fingerprint density at radius 1 is 1.04 bits per heavy atom. The van der Waals surface area contributed by atoms with E-state index in [1.165, 1.54) is 49.9 Å². The molecule has 0 aromatic heterocycles. The minimum Gasteiger partial charge on any atom is -0.300 e. The van der Waals surface area contributed by atoms with Crippen LogP contribution in [0.15, 0.2) is 29.2 Å². The SMILES string of the molecule is O=S(=O)(NCC1CCN(C2CCCC2)CC1)c1ccc(F)cc1. The van der Waals surface area contributed by atoms with Gasteiger partial charge < -0.3 is 4.90 Å². The van der Waals surface area contributed by atoms with E-state index in [-0.39, 0.29) is 4.90 Å². The monoisotopic (exact) mass is 340 g/mol. The van der Waals surface area contributed by atoms with E-state index in [1.54, 1.807) is 0 Å². The van der Waals surface area contributed by atoms with Crippen LogP contribution in [0, 0.1) is 11.7 Å². The van der Waals surface area contributed by atoms with Crippen LogP contribution >= 0.6 is 0 Å². The van der Waals surface area contributed by atoms with Crippen LogP contribution in [0.3, 0.4) is 0 Å². The fourth-order valence-corrected chi connectivity index (χ4v) is 4.83. The fourth-order valence-electron chi connectivity index (χ4n) is 3.72. The van der Waals surface area contributed by atoms with Crippen molar-refractivity contribution < 1.29 is 12.8 Å². The van der Waals surface area contributed by atoms with Gasteiger partial charge in [0.05, 0.1) is 4.90 Å². The average Bonchev–Trinajstić information content (AvgIpc) is 3.08. The summed E-state index contributed by atoms with van der Waals surface area (Å²) in [7, 11) is -3.54. The molecule has 0 bridgehead atoms. The topological polar surface area (TPSA) is 49.4 Å². The van der Waals surface area contributed by atoms with Gasteiger partial charge >= 0.3 is 0 Å². The molecule has 0 spiro atoms. The molecule has 1 aromatic carbocycles. The quantitative estimate of drug-likeness (QED) is 0.897. The Balaban J connectivity index is 1.48. The lowest BCUT2D eigenvalue weighted by molar-refractivity contribution is 0.135. The van der Waals surface area contributed by atoms with Gasteiger partial charge in [-0.3, -0.25) is 0 Å². The highest BCUT2D eigenvalue weighted by atomic mass is 32.2. The molecule has 0 unspecified atom stereocenters. The van der Waals surface area contributed by atoms with Crippen LogP contribution in [0.5, 0.6) is 0 Å². The molecule has 2 fully saturated rings. The van der Waals surface area contributed by atoms with Crippen molar-refractivity contribution in [1.82, 2.24) is 9.62 Å². The average molecular weight is 340 g/mol. The molecular weight excluding hydrogens is 315 g/mol. The summed E-state index contributed by atoms with van der Waals surface area (Å²) in [6.07, 6.45) is 7.43. The van der Waals surface area contributed by atoms with Crippen LogP contribution in [-0.2, 0) is 10.0 Å². The van der Waals surface area contributed by atoms with Crippen molar-refractivity contribution in [2.45, 2.75) is 49.5 Å². The van der Waals surface area contributed by atoms with Crippen molar-refractivity contribution in [3.63, 3.8) is 0 Å². The Morgan fingerprint density at radius 2 is 1.65 bits per heavy atom. The lowest BCUT2D eigenvalue weighted by atomic mass is 9.96. The maximum absolute atomic E-state index is 12.9. The molecule has 1 saturated heterocycles. The number of piperidine rings is 1. The molecule has 1 aliphatic heterocycles. The summed E-state index contributed by atoms with van der Waals surface area (Å²) in [4.78, 5) is 2.71. The lowest BCUT2D eigenvalue weighted by Crippen LogP contribution is -2.42. The molecule has 1 aromatic rings. The van der Waals surface area contributed by atoms with Crippen molar-refractivity contribution in [3.8, 4) is 0 Å². The highest BCUT2D eigenvalue weighted by Gasteiger charge is 2.27. The molecule has 1 aliphatic carbocycles. The summed E-state index contributed by atoms with van der Waals surface area (Å²) in [5.74, 6) is -0.0360. The highest BCUT2D eigenvalue weighted by Crippen LogP contribution is 2.27. The number of hydrogen-bond acceptors (Lipinski definition) is 3. The van der Waals surface area contributed by atoms with Crippen molar-refractivity contribution in [2.24, 2.45) is 5.92 Å². The van der Waals surface area contributed by atoms with Gasteiger partial charge in [0, 0.05) is 12.6 Å². The van der Waals surface area contributed by atoms with Crippen molar-refractivity contribution in [1.29, 1.82) is 0 Å². The second-order valence-electron chi connectivity index (χ2n) is 6.72. The molecule has 3 rings (SSSR count). The maximum Gasteiger partial charge on any atom is 0.240 e. The van der Waals surface area contributed by atoms with E-state index in [0.717, 1.165) is 32.0 Å². The van der Waals surface area contributed by atoms with Gasteiger partial charge in [-0.05, 0) is 69.0 Å². The molecule has 6 heteroatoms. The van der Waals surface area contributed by atoms with Crippen molar-refractivity contribution in [2.75, 3.05) is 19.6 Å². The van der Waals surface area contributed by atoms with E-state index >= 15 is 0 Å². The van der Waals surface area contributed by atoms with Gasteiger partial charge in [0.25, 0.3) is 0 Å². The Kier molecular flexibility index (Phi) is 5.34. The molecule has 0 atom stereocenters. The van der Waals surface area contributed by atoms with Crippen LogP contribution < -0.4 is 4.72 Å². The van der Waals surface area contributed by atoms with E-state index in [9.17, 15) is 12.8 Å². The molecule has 23 heavy (non-hydrogen) atoms. The van der Waals surface area contributed by atoms with Crippen LogP contribution in [0.2, 0.25) is 0 Å². The first-order chi connectivity index (χ1) is 11.0. The number of rotatable bonds is 5. The van der Waals surface area contributed by atoms with Gasteiger partial charge in [-0.2, -0.15) is 0 Å². The van der Waals surface area contributed by atoms with E-state index in [2.05, 4.69) is 9.62 Å². The van der Waals surface area contributed by atoms with E-state index in [0.29, 0.717) is 12.5 Å². The number of halogens is 1. The Bertz CT molecular complexity index is 604. The summed E-state index contributed by atoms with van der Waals surface area (Å²) in [5.41, 5.74) is 0. The first kappa shape index (κ1) is 16.9. The third-order valence-corrected chi connectivity index (χ3v) is 6.62. The van der Waals surface area contributed by atoms with Gasteiger partial charge in [-0.25, -0.2) is 17.5 Å². The van der Waals surface area contributed by atoms with Gasteiger partial charge in [0.1, 0.15) is 5.82 Å². The van der Waals surface area contributed by atoms with Gasteiger partial charge in [0.2, 0.25) is 10.0 Å². The third kappa shape index (κ3) is 4.31. The smallest absolute Gasteiger partial charge is 0.240 e. The van der Waals surface area contributed by atoms with E-state index in [4.69, 9.17) is 0 Å². The zero-order valence-corrected chi connectivity index (χ0v) is 14.2. The Morgan fingerprint density at radius 3 is 2.26 bits per heavy atom. The fraction of sp³-hybridized carbons (Fsp3) is 0.647. The maximum atomic E-state index is 12.9. The van der Waals surface area contributed by atoms with Crippen molar-refractivity contribution in [3.05, 3.63) is 30.1 Å². The molecule has 2 aliphatic rings. The number of benzene rings is 1. The molecule has 1 saturated carbocycles. The van der Waals surface area contributed by atoms with Gasteiger partial charge in [0.15, 0.2) is 0 Å². The Hall–Kier alpha value is -0.980. The number of hydrogen-bond donors (Lipinski definition) is 1. The molecule has 0 amide bonds. The minimum atomic E-state index is -3.54. The molecule has 4 nitrogen and oxygen atoms in total. The number of nitrogens with zero attached hydrogens (tertiary/aromatic N) is 1. The summed E-state index contributed by atoms with van der Waals surface area (Å²) < 4.78 is 40.0. The predicted octanol–water partition coefficient (Wildman–Crippen LogP) is 2.76. The second kappa shape index (κ2) is 7.28. The van der Waals surface area contributed by atoms with Crippen molar-refractivity contribution >= 4 is 10.0 Å². The van der Waals surface area contributed by atoms with Crippen LogP contribution in [0.4, 0.5) is 4.39 Å². The Labute approximate surface area is 138 Å². The van der Waals surface area contributed by atoms with Crippen LogP contribution in [0.25, 0.3) is 0 Å². The first-order valence-electron chi connectivity index (χ1n) is 8.54. The minimum absolute atomic E-state index is 0.127. The van der Waals surface area contributed by atoms with Gasteiger partial charge in [-0.15, -0.1) is 0 Å². The van der Waals surface area contributed by atoms with Crippen LogP contribution in [0.1, 0.15) is 38.5 Å². The zero-order valence-electron chi connectivity index (χ0n) is 13.4. The number of nitrogens with one attached hydrogen (secondary N) is 1. The highest BCUT2D eigenvalue weighted by molar-refractivity contribution is 7.89. The van der Waals surface area contributed by atoms with Gasteiger partial charge in [-0.1, -0.05) is 12.8 Å². The molecular formula is C17H25FN2O2S. The molecule has 1 heterocycles.